The Hall–Kier alpha value is -3.04. The van der Waals surface area contributed by atoms with E-state index in [4.69, 9.17) is 4.74 Å². The van der Waals surface area contributed by atoms with Crippen LogP contribution < -0.4 is 19.3 Å². The first kappa shape index (κ1) is 29.0. The van der Waals surface area contributed by atoms with E-state index >= 15 is 0 Å². The number of nitrogens with zero attached hydrogens (tertiary/aromatic N) is 2. The second-order valence-electron chi connectivity index (χ2n) is 9.94. The lowest BCUT2D eigenvalue weighted by atomic mass is 9.98. The molecular weight excluding hydrogens is 578 g/mol. The van der Waals surface area contributed by atoms with Crippen molar-refractivity contribution in [2.24, 2.45) is 5.92 Å². The summed E-state index contributed by atoms with van der Waals surface area (Å²) in [5, 5.41) is 2.97. The van der Waals surface area contributed by atoms with E-state index in [1.54, 1.807) is 36.4 Å². The number of halogens is 1. The summed E-state index contributed by atoms with van der Waals surface area (Å²) >= 11 is 3.35. The van der Waals surface area contributed by atoms with Crippen molar-refractivity contribution < 1.29 is 17.9 Å². The van der Waals surface area contributed by atoms with Crippen LogP contribution in [0, 0.1) is 5.92 Å². The van der Waals surface area contributed by atoms with E-state index in [-0.39, 0.29) is 17.5 Å². The number of ether oxygens (including phenoxy) is 1. The number of nitrogens with one attached hydrogen (secondary N) is 1. The minimum Gasteiger partial charge on any atom is -0.494 e. The number of carbonyl (C=O) groups excluding carboxylic acids is 1. The SMILES string of the molecule is CCOc1ccc(N(CC(=O)NC(C)c2ccc(N3CCC(C)CC3)cc2)S(=O)(=O)c2ccc(Br)cc2)cc1. The van der Waals surface area contributed by atoms with Gasteiger partial charge in [-0.15, -0.1) is 0 Å². The number of carbonyl (C=O) groups is 1. The van der Waals surface area contributed by atoms with E-state index in [1.807, 2.05) is 26.0 Å². The third-order valence-electron chi connectivity index (χ3n) is 7.04. The van der Waals surface area contributed by atoms with Crippen LogP contribution >= 0.6 is 15.9 Å². The quantitative estimate of drug-likeness (QED) is 0.296. The summed E-state index contributed by atoms with van der Waals surface area (Å²) < 4.78 is 34.7. The van der Waals surface area contributed by atoms with Crippen molar-refractivity contribution >= 4 is 43.2 Å². The molecular formula is C30H36BrN3O4S. The highest BCUT2D eigenvalue weighted by Crippen LogP contribution is 2.28. The van der Waals surface area contributed by atoms with E-state index in [0.717, 1.165) is 33.3 Å². The molecule has 1 unspecified atom stereocenters. The molecule has 0 bridgehead atoms. The predicted octanol–water partition coefficient (Wildman–Crippen LogP) is 6.16. The predicted molar refractivity (Wildman–Crippen MR) is 160 cm³/mol. The maximum absolute atomic E-state index is 13.6. The topological polar surface area (TPSA) is 79.0 Å². The first-order valence-electron chi connectivity index (χ1n) is 13.3. The molecule has 3 aromatic rings. The van der Waals surface area contributed by atoms with Gasteiger partial charge >= 0.3 is 0 Å². The van der Waals surface area contributed by atoms with Crippen molar-refractivity contribution in [3.05, 3.63) is 82.8 Å². The number of benzene rings is 3. The van der Waals surface area contributed by atoms with Gasteiger partial charge in [0.1, 0.15) is 12.3 Å². The van der Waals surface area contributed by atoms with Gasteiger partial charge in [0, 0.05) is 23.2 Å². The summed E-state index contributed by atoms with van der Waals surface area (Å²) in [6.45, 7) is 8.33. The summed E-state index contributed by atoms with van der Waals surface area (Å²) in [6.07, 6.45) is 2.39. The van der Waals surface area contributed by atoms with Crippen molar-refractivity contribution in [1.82, 2.24) is 5.32 Å². The van der Waals surface area contributed by atoms with Crippen LogP contribution in [0.3, 0.4) is 0 Å². The third kappa shape index (κ3) is 7.33. The van der Waals surface area contributed by atoms with Crippen molar-refractivity contribution in [3.8, 4) is 5.75 Å². The van der Waals surface area contributed by atoms with E-state index in [9.17, 15) is 13.2 Å². The number of rotatable bonds is 10. The molecule has 0 aliphatic carbocycles. The van der Waals surface area contributed by atoms with Gasteiger partial charge in [-0.25, -0.2) is 8.42 Å². The standard InChI is InChI=1S/C30H36BrN3O4S/c1-4-38-28-13-11-27(12-14-28)34(39(36,37)29-15-7-25(31)8-16-29)21-30(35)32-23(3)24-5-9-26(10-6-24)33-19-17-22(2)18-20-33/h5-16,22-23H,4,17-21H2,1-3H3,(H,32,35). The first-order valence-corrected chi connectivity index (χ1v) is 15.6. The van der Waals surface area contributed by atoms with Gasteiger partial charge < -0.3 is 15.0 Å². The van der Waals surface area contributed by atoms with Crippen LogP contribution in [0.4, 0.5) is 11.4 Å². The zero-order valence-corrected chi connectivity index (χ0v) is 25.0. The minimum absolute atomic E-state index is 0.100. The fourth-order valence-electron chi connectivity index (χ4n) is 4.67. The lowest BCUT2D eigenvalue weighted by Crippen LogP contribution is -2.41. The maximum atomic E-state index is 13.6. The average Bonchev–Trinajstić information content (AvgIpc) is 2.93. The van der Waals surface area contributed by atoms with Gasteiger partial charge in [-0.05, 0) is 98.8 Å². The number of hydrogen-bond donors (Lipinski definition) is 1. The fraction of sp³-hybridized carbons (Fsp3) is 0.367. The van der Waals surface area contributed by atoms with Crippen LogP contribution in [0.25, 0.3) is 0 Å². The van der Waals surface area contributed by atoms with Gasteiger partial charge in [0.2, 0.25) is 5.91 Å². The largest absolute Gasteiger partial charge is 0.494 e. The molecule has 0 aromatic heterocycles. The lowest BCUT2D eigenvalue weighted by Gasteiger charge is -2.32. The molecule has 1 aliphatic rings. The number of sulfonamides is 1. The Balaban J connectivity index is 1.50. The van der Waals surface area contributed by atoms with Crippen LogP contribution in [-0.2, 0) is 14.8 Å². The van der Waals surface area contributed by atoms with E-state index in [2.05, 4.69) is 45.2 Å². The molecule has 9 heteroatoms. The summed E-state index contributed by atoms with van der Waals surface area (Å²) in [7, 11) is -4.01. The molecule has 1 fully saturated rings. The monoisotopic (exact) mass is 613 g/mol. The van der Waals surface area contributed by atoms with Crippen LogP contribution in [-0.4, -0.2) is 40.6 Å². The number of amides is 1. The number of anilines is 2. The van der Waals surface area contributed by atoms with Crippen molar-refractivity contribution in [2.75, 3.05) is 35.4 Å². The molecule has 0 spiro atoms. The molecule has 1 amide bonds. The van der Waals surface area contributed by atoms with Gasteiger partial charge in [0.05, 0.1) is 23.2 Å². The van der Waals surface area contributed by atoms with E-state index in [0.29, 0.717) is 18.0 Å². The van der Waals surface area contributed by atoms with E-state index < -0.39 is 15.9 Å². The minimum atomic E-state index is -4.01. The molecule has 4 rings (SSSR count). The maximum Gasteiger partial charge on any atom is 0.264 e. The molecule has 7 nitrogen and oxygen atoms in total. The Morgan fingerprint density at radius 1 is 1.03 bits per heavy atom. The molecule has 1 aliphatic heterocycles. The molecule has 1 heterocycles. The Morgan fingerprint density at radius 3 is 2.23 bits per heavy atom. The number of piperidine rings is 1. The van der Waals surface area contributed by atoms with Crippen LogP contribution in [0.15, 0.2) is 82.2 Å². The highest BCUT2D eigenvalue weighted by molar-refractivity contribution is 9.10. The van der Waals surface area contributed by atoms with Gasteiger partial charge in [0.25, 0.3) is 10.0 Å². The summed E-state index contributed by atoms with van der Waals surface area (Å²) in [4.78, 5) is 15.7. The summed E-state index contributed by atoms with van der Waals surface area (Å²) in [5.74, 6) is 1.000. The lowest BCUT2D eigenvalue weighted by molar-refractivity contribution is -0.120. The van der Waals surface area contributed by atoms with Gasteiger partial charge in [-0.3, -0.25) is 9.10 Å². The second-order valence-corrected chi connectivity index (χ2v) is 12.7. The average molecular weight is 615 g/mol. The molecule has 39 heavy (non-hydrogen) atoms. The Bertz CT molecular complexity index is 1340. The number of hydrogen-bond acceptors (Lipinski definition) is 5. The third-order valence-corrected chi connectivity index (χ3v) is 9.36. The highest BCUT2D eigenvalue weighted by atomic mass is 79.9. The van der Waals surface area contributed by atoms with Crippen molar-refractivity contribution in [1.29, 1.82) is 0 Å². The molecule has 0 saturated carbocycles. The first-order chi connectivity index (χ1) is 18.7. The van der Waals surface area contributed by atoms with Gasteiger partial charge in [0.15, 0.2) is 0 Å². The smallest absolute Gasteiger partial charge is 0.264 e. The van der Waals surface area contributed by atoms with E-state index in [1.165, 1.54) is 30.7 Å². The Morgan fingerprint density at radius 2 is 1.64 bits per heavy atom. The van der Waals surface area contributed by atoms with Crippen molar-refractivity contribution in [2.45, 2.75) is 44.6 Å². The Kier molecular flexibility index (Phi) is 9.56. The molecule has 1 N–H and O–H groups in total. The van der Waals surface area contributed by atoms with Crippen LogP contribution in [0.5, 0.6) is 5.75 Å². The van der Waals surface area contributed by atoms with Crippen LogP contribution in [0.1, 0.15) is 45.2 Å². The normalized spacial score (nSPS) is 15.0. The summed E-state index contributed by atoms with van der Waals surface area (Å²) in [5.41, 5.74) is 2.52. The zero-order valence-electron chi connectivity index (χ0n) is 22.6. The van der Waals surface area contributed by atoms with Crippen LogP contribution in [0.2, 0.25) is 0 Å². The Labute approximate surface area is 240 Å². The fourth-order valence-corrected chi connectivity index (χ4v) is 6.35. The molecule has 1 atom stereocenters. The van der Waals surface area contributed by atoms with Gasteiger partial charge in [-0.1, -0.05) is 35.0 Å². The van der Waals surface area contributed by atoms with Crippen molar-refractivity contribution in [3.63, 3.8) is 0 Å². The summed E-state index contributed by atoms with van der Waals surface area (Å²) in [6, 6.07) is 21.0. The van der Waals surface area contributed by atoms with Gasteiger partial charge in [-0.2, -0.15) is 0 Å². The molecule has 3 aromatic carbocycles. The molecule has 1 saturated heterocycles. The second kappa shape index (κ2) is 12.9. The molecule has 208 valence electrons. The zero-order chi connectivity index (χ0) is 28.0. The molecule has 0 radical (unpaired) electrons. The highest BCUT2D eigenvalue weighted by Gasteiger charge is 2.28.